The maximum absolute atomic E-state index is 11.7. The Hall–Kier alpha value is -2.75. The lowest BCUT2D eigenvalue weighted by atomic mass is 9.95. The second kappa shape index (κ2) is 6.87. The Balaban J connectivity index is 1.86. The van der Waals surface area contributed by atoms with Crippen molar-refractivity contribution in [1.82, 2.24) is 9.88 Å². The first-order valence-electron chi connectivity index (χ1n) is 9.27. The zero-order valence-corrected chi connectivity index (χ0v) is 15.3. The zero-order chi connectivity index (χ0) is 18.1. The van der Waals surface area contributed by atoms with Crippen molar-refractivity contribution in [2.75, 3.05) is 13.7 Å². The van der Waals surface area contributed by atoms with Crippen LogP contribution in [0, 0.1) is 0 Å². The molecule has 1 aliphatic heterocycles. The standard InChI is InChI=1S/C22H24N2O2/c1-3-21(25)23-12-10-18-19-14-16(26-2)8-9-20(19)24-13-11-15-6-4-5-7-17(15)22(18)24/h4-9,14H,3,10-13H2,1-2H3,(H,23,25). The Kier molecular flexibility index (Phi) is 4.41. The number of rotatable bonds is 5. The summed E-state index contributed by atoms with van der Waals surface area (Å²) in [6.07, 6.45) is 2.38. The first-order chi connectivity index (χ1) is 12.7. The second-order valence-electron chi connectivity index (χ2n) is 6.72. The summed E-state index contributed by atoms with van der Waals surface area (Å²) in [5, 5.41) is 4.24. The molecule has 0 saturated carbocycles. The van der Waals surface area contributed by atoms with Crippen molar-refractivity contribution in [2.24, 2.45) is 0 Å². The maximum Gasteiger partial charge on any atom is 0.219 e. The zero-order valence-electron chi connectivity index (χ0n) is 15.3. The molecule has 4 rings (SSSR count). The van der Waals surface area contributed by atoms with Gasteiger partial charge in [-0.3, -0.25) is 4.79 Å². The van der Waals surface area contributed by atoms with Gasteiger partial charge in [0.1, 0.15) is 5.75 Å². The normalized spacial score (nSPS) is 12.5. The number of carbonyl (C=O) groups is 1. The van der Waals surface area contributed by atoms with Crippen molar-refractivity contribution in [2.45, 2.75) is 32.7 Å². The van der Waals surface area contributed by atoms with Crippen molar-refractivity contribution in [1.29, 1.82) is 0 Å². The first kappa shape index (κ1) is 16.7. The number of hydrogen-bond acceptors (Lipinski definition) is 2. The van der Waals surface area contributed by atoms with E-state index in [0.717, 1.165) is 25.1 Å². The van der Waals surface area contributed by atoms with Crippen LogP contribution in [0.4, 0.5) is 0 Å². The van der Waals surface area contributed by atoms with Crippen LogP contribution in [-0.2, 0) is 24.2 Å². The molecule has 0 aliphatic carbocycles. The highest BCUT2D eigenvalue weighted by atomic mass is 16.5. The van der Waals surface area contributed by atoms with Gasteiger partial charge in [0.05, 0.1) is 12.8 Å². The molecule has 0 atom stereocenters. The van der Waals surface area contributed by atoms with E-state index >= 15 is 0 Å². The third-order valence-electron chi connectivity index (χ3n) is 5.27. The number of fused-ring (bicyclic) bond motifs is 5. The van der Waals surface area contributed by atoms with Crippen molar-refractivity contribution < 1.29 is 9.53 Å². The van der Waals surface area contributed by atoms with Gasteiger partial charge in [-0.15, -0.1) is 0 Å². The summed E-state index contributed by atoms with van der Waals surface area (Å²) >= 11 is 0. The molecule has 1 amide bonds. The molecule has 1 aliphatic rings. The monoisotopic (exact) mass is 348 g/mol. The predicted octanol–water partition coefficient (Wildman–Crippen LogP) is 3.94. The average molecular weight is 348 g/mol. The van der Waals surface area contributed by atoms with E-state index in [1.807, 2.05) is 13.0 Å². The number of hydrogen-bond donors (Lipinski definition) is 1. The molecular formula is C22H24N2O2. The number of nitrogens with zero attached hydrogens (tertiary/aromatic N) is 1. The number of methoxy groups -OCH3 is 1. The molecule has 4 heteroatoms. The van der Waals surface area contributed by atoms with E-state index < -0.39 is 0 Å². The van der Waals surface area contributed by atoms with Crippen LogP contribution in [0.15, 0.2) is 42.5 Å². The summed E-state index contributed by atoms with van der Waals surface area (Å²) in [6.45, 7) is 3.51. The van der Waals surface area contributed by atoms with Crippen molar-refractivity contribution in [3.8, 4) is 17.0 Å². The minimum absolute atomic E-state index is 0.0976. The van der Waals surface area contributed by atoms with Crippen LogP contribution < -0.4 is 10.1 Å². The van der Waals surface area contributed by atoms with Gasteiger partial charge >= 0.3 is 0 Å². The summed E-state index contributed by atoms with van der Waals surface area (Å²) in [7, 11) is 1.70. The number of aromatic nitrogens is 1. The summed E-state index contributed by atoms with van der Waals surface area (Å²) in [5.41, 5.74) is 6.54. The molecule has 4 nitrogen and oxygen atoms in total. The Morgan fingerprint density at radius 3 is 2.88 bits per heavy atom. The van der Waals surface area contributed by atoms with Gasteiger partial charge in [0.2, 0.25) is 5.91 Å². The molecule has 0 bridgehead atoms. The van der Waals surface area contributed by atoms with E-state index in [2.05, 4.69) is 46.3 Å². The van der Waals surface area contributed by atoms with E-state index in [0.29, 0.717) is 13.0 Å². The van der Waals surface area contributed by atoms with Crippen molar-refractivity contribution in [3.05, 3.63) is 53.6 Å². The molecule has 0 radical (unpaired) electrons. The molecule has 1 aromatic heterocycles. The molecule has 2 heterocycles. The predicted molar refractivity (Wildman–Crippen MR) is 105 cm³/mol. The minimum Gasteiger partial charge on any atom is -0.497 e. The summed E-state index contributed by atoms with van der Waals surface area (Å²) < 4.78 is 7.88. The number of aryl methyl sites for hydroxylation is 2. The number of benzene rings is 2. The third-order valence-corrected chi connectivity index (χ3v) is 5.27. The fraction of sp³-hybridized carbons (Fsp3) is 0.318. The Bertz CT molecular complexity index is 972. The Morgan fingerprint density at radius 2 is 2.08 bits per heavy atom. The highest BCUT2D eigenvalue weighted by molar-refractivity contribution is 5.94. The summed E-state index contributed by atoms with van der Waals surface area (Å²) in [5.74, 6) is 0.966. The van der Waals surface area contributed by atoms with E-state index in [4.69, 9.17) is 4.74 Å². The van der Waals surface area contributed by atoms with Crippen LogP contribution in [0.5, 0.6) is 5.75 Å². The van der Waals surface area contributed by atoms with E-state index in [-0.39, 0.29) is 5.91 Å². The molecule has 0 saturated heterocycles. The second-order valence-corrected chi connectivity index (χ2v) is 6.72. The Labute approximate surface area is 153 Å². The molecule has 134 valence electrons. The van der Waals surface area contributed by atoms with Crippen LogP contribution in [0.1, 0.15) is 24.5 Å². The van der Waals surface area contributed by atoms with Gasteiger partial charge in [-0.05, 0) is 42.2 Å². The minimum atomic E-state index is 0.0976. The number of carbonyl (C=O) groups excluding carboxylic acids is 1. The third kappa shape index (κ3) is 2.75. The van der Waals surface area contributed by atoms with E-state index in [9.17, 15) is 4.79 Å². The van der Waals surface area contributed by atoms with Crippen LogP contribution in [0.3, 0.4) is 0 Å². The maximum atomic E-state index is 11.7. The molecular weight excluding hydrogens is 324 g/mol. The van der Waals surface area contributed by atoms with Crippen LogP contribution in [0.2, 0.25) is 0 Å². The van der Waals surface area contributed by atoms with Gasteiger partial charge < -0.3 is 14.6 Å². The number of ether oxygens (including phenoxy) is 1. The van der Waals surface area contributed by atoms with Crippen molar-refractivity contribution >= 4 is 16.8 Å². The quantitative estimate of drug-likeness (QED) is 0.759. The average Bonchev–Trinajstić information content (AvgIpc) is 3.01. The molecule has 0 fully saturated rings. The lowest BCUT2D eigenvalue weighted by Gasteiger charge is -2.21. The van der Waals surface area contributed by atoms with Crippen LogP contribution in [0.25, 0.3) is 22.2 Å². The highest BCUT2D eigenvalue weighted by Gasteiger charge is 2.23. The van der Waals surface area contributed by atoms with Crippen LogP contribution in [-0.4, -0.2) is 24.1 Å². The molecule has 3 aromatic rings. The van der Waals surface area contributed by atoms with Gasteiger partial charge in [0.15, 0.2) is 0 Å². The molecule has 26 heavy (non-hydrogen) atoms. The summed E-state index contributed by atoms with van der Waals surface area (Å²) in [6, 6.07) is 15.0. The highest BCUT2D eigenvalue weighted by Crippen LogP contribution is 2.40. The fourth-order valence-electron chi connectivity index (χ4n) is 3.98. The van der Waals surface area contributed by atoms with Crippen LogP contribution >= 0.6 is 0 Å². The largest absolute Gasteiger partial charge is 0.497 e. The molecule has 2 aromatic carbocycles. The molecule has 0 unspecified atom stereocenters. The lowest BCUT2D eigenvalue weighted by Crippen LogP contribution is -2.24. The van der Waals surface area contributed by atoms with Gasteiger partial charge in [-0.25, -0.2) is 0 Å². The lowest BCUT2D eigenvalue weighted by molar-refractivity contribution is -0.120. The SMILES string of the molecule is CCC(=O)NCCc1c2n(c3ccc(OC)cc13)CCc1ccccc1-2. The van der Waals surface area contributed by atoms with Crippen molar-refractivity contribution in [3.63, 3.8) is 0 Å². The van der Waals surface area contributed by atoms with E-state index in [1.165, 1.54) is 33.3 Å². The Morgan fingerprint density at radius 1 is 1.23 bits per heavy atom. The van der Waals surface area contributed by atoms with Gasteiger partial charge in [0, 0.05) is 36.0 Å². The van der Waals surface area contributed by atoms with Gasteiger partial charge in [-0.1, -0.05) is 31.2 Å². The molecule has 0 spiro atoms. The van der Waals surface area contributed by atoms with E-state index in [1.54, 1.807) is 7.11 Å². The smallest absolute Gasteiger partial charge is 0.219 e. The van der Waals surface area contributed by atoms with Gasteiger partial charge in [-0.2, -0.15) is 0 Å². The number of amides is 1. The summed E-state index contributed by atoms with van der Waals surface area (Å²) in [4.78, 5) is 11.7. The molecule has 1 N–H and O–H groups in total. The number of nitrogens with one attached hydrogen (secondary N) is 1. The fourth-order valence-corrected chi connectivity index (χ4v) is 3.98. The topological polar surface area (TPSA) is 43.3 Å². The van der Waals surface area contributed by atoms with Gasteiger partial charge in [0.25, 0.3) is 0 Å². The first-order valence-corrected chi connectivity index (χ1v) is 9.27.